The van der Waals surface area contributed by atoms with Crippen molar-refractivity contribution in [2.24, 2.45) is 0 Å². The van der Waals surface area contributed by atoms with Gasteiger partial charge in [-0.15, -0.1) is 0 Å². The topological polar surface area (TPSA) is 88.4 Å². The molecule has 1 aromatic rings. The molecule has 8 heteroatoms. The first-order valence-corrected chi connectivity index (χ1v) is 6.97. The Morgan fingerprint density at radius 3 is 2.78 bits per heavy atom. The standard InChI is InChI=1S/C10H11ClN2O4S/c1-12-10(14)8-7(11)9(18(15,16)17)6-4-2-3-5-13(6)8/h2,4H,3,5H2,1H3,(H,12,14)(H,15,16,17). The molecule has 18 heavy (non-hydrogen) atoms. The van der Waals surface area contributed by atoms with Crippen LogP contribution in [0, 0.1) is 0 Å². The van der Waals surface area contributed by atoms with Crippen molar-refractivity contribution in [2.75, 3.05) is 7.05 Å². The van der Waals surface area contributed by atoms with E-state index < -0.39 is 20.9 Å². The number of hydrogen-bond acceptors (Lipinski definition) is 3. The van der Waals surface area contributed by atoms with Crippen LogP contribution in [-0.4, -0.2) is 30.5 Å². The second kappa shape index (κ2) is 4.42. The maximum absolute atomic E-state index is 11.7. The number of halogens is 1. The molecule has 0 unspecified atom stereocenters. The zero-order valence-electron chi connectivity index (χ0n) is 9.47. The molecule has 1 aliphatic heterocycles. The van der Waals surface area contributed by atoms with Crippen LogP contribution >= 0.6 is 11.6 Å². The Kier molecular flexibility index (Phi) is 3.22. The molecule has 2 heterocycles. The van der Waals surface area contributed by atoms with Gasteiger partial charge in [0.1, 0.15) is 10.6 Å². The molecule has 0 radical (unpaired) electrons. The highest BCUT2D eigenvalue weighted by Gasteiger charge is 2.31. The van der Waals surface area contributed by atoms with E-state index in [1.807, 2.05) is 0 Å². The van der Waals surface area contributed by atoms with Crippen molar-refractivity contribution in [3.8, 4) is 0 Å². The van der Waals surface area contributed by atoms with Gasteiger partial charge in [0.2, 0.25) is 0 Å². The molecule has 2 N–H and O–H groups in total. The second-order valence-corrected chi connectivity index (χ2v) is 5.51. The van der Waals surface area contributed by atoms with E-state index in [0.29, 0.717) is 13.0 Å². The molecule has 2 rings (SSSR count). The molecule has 0 saturated heterocycles. The van der Waals surface area contributed by atoms with Crippen molar-refractivity contribution in [3.63, 3.8) is 0 Å². The van der Waals surface area contributed by atoms with Gasteiger partial charge < -0.3 is 9.88 Å². The molecule has 0 atom stereocenters. The van der Waals surface area contributed by atoms with Gasteiger partial charge in [0.15, 0.2) is 0 Å². The molecule has 0 bridgehead atoms. The Bertz CT molecular complexity index is 645. The summed E-state index contributed by atoms with van der Waals surface area (Å²) in [6, 6.07) is 0. The number of nitrogens with one attached hydrogen (secondary N) is 1. The van der Waals surface area contributed by atoms with Crippen LogP contribution in [0.25, 0.3) is 6.08 Å². The molecule has 0 saturated carbocycles. The molecular formula is C10H11ClN2O4S. The Hall–Kier alpha value is -1.31. The maximum Gasteiger partial charge on any atom is 0.298 e. The number of aromatic nitrogens is 1. The van der Waals surface area contributed by atoms with E-state index in [1.54, 1.807) is 6.08 Å². The molecular weight excluding hydrogens is 280 g/mol. The van der Waals surface area contributed by atoms with Crippen molar-refractivity contribution in [1.82, 2.24) is 9.88 Å². The molecule has 98 valence electrons. The lowest BCUT2D eigenvalue weighted by Crippen LogP contribution is -2.23. The van der Waals surface area contributed by atoms with Gasteiger partial charge in [-0.05, 0) is 12.5 Å². The van der Waals surface area contributed by atoms with Crippen LogP contribution in [0.2, 0.25) is 5.02 Å². The number of nitrogens with zero attached hydrogens (tertiary/aromatic N) is 1. The second-order valence-electron chi connectivity index (χ2n) is 3.77. The third-order valence-corrected chi connectivity index (χ3v) is 4.11. The van der Waals surface area contributed by atoms with Crippen molar-refractivity contribution in [1.29, 1.82) is 0 Å². The minimum atomic E-state index is -4.48. The zero-order valence-corrected chi connectivity index (χ0v) is 11.0. The third-order valence-electron chi connectivity index (χ3n) is 2.70. The first-order valence-electron chi connectivity index (χ1n) is 5.16. The quantitative estimate of drug-likeness (QED) is 0.800. The minimum Gasteiger partial charge on any atom is -0.354 e. The van der Waals surface area contributed by atoms with Gasteiger partial charge in [0, 0.05) is 13.6 Å². The molecule has 6 nitrogen and oxygen atoms in total. The number of hydrogen-bond donors (Lipinski definition) is 2. The number of allylic oxidation sites excluding steroid dienone is 1. The smallest absolute Gasteiger partial charge is 0.298 e. The highest BCUT2D eigenvalue weighted by molar-refractivity contribution is 7.86. The van der Waals surface area contributed by atoms with E-state index in [4.69, 9.17) is 11.6 Å². The highest BCUT2D eigenvalue weighted by Crippen LogP contribution is 2.34. The summed E-state index contributed by atoms with van der Waals surface area (Å²) >= 11 is 5.92. The fourth-order valence-corrected chi connectivity index (χ4v) is 3.31. The third kappa shape index (κ3) is 1.94. The highest BCUT2D eigenvalue weighted by atomic mass is 35.5. The molecule has 0 aliphatic carbocycles. The molecule has 0 spiro atoms. The summed E-state index contributed by atoms with van der Waals surface area (Å²) in [5, 5.41) is 2.14. The van der Waals surface area contributed by atoms with Crippen molar-refractivity contribution in [2.45, 2.75) is 17.9 Å². The Balaban J connectivity index is 2.82. The Labute approximate surface area is 109 Å². The van der Waals surface area contributed by atoms with Gasteiger partial charge in [0.25, 0.3) is 16.0 Å². The zero-order chi connectivity index (χ0) is 13.5. The average Bonchev–Trinajstić information content (AvgIpc) is 2.59. The maximum atomic E-state index is 11.7. The first kappa shape index (κ1) is 13.1. The minimum absolute atomic E-state index is 0.0474. The summed E-state index contributed by atoms with van der Waals surface area (Å²) in [6.45, 7) is 0.434. The predicted octanol–water partition coefficient (Wildman–Crippen LogP) is 1.16. The number of amides is 1. The van der Waals surface area contributed by atoms with Crippen molar-refractivity contribution >= 4 is 33.7 Å². The number of carbonyl (C=O) groups is 1. The van der Waals surface area contributed by atoms with Crippen LogP contribution in [0.15, 0.2) is 11.0 Å². The summed E-state index contributed by atoms with van der Waals surface area (Å²) in [5.74, 6) is -0.494. The van der Waals surface area contributed by atoms with E-state index >= 15 is 0 Å². The molecule has 1 amide bonds. The average molecular weight is 291 g/mol. The lowest BCUT2D eigenvalue weighted by molar-refractivity contribution is 0.0954. The summed E-state index contributed by atoms with van der Waals surface area (Å²) < 4.78 is 33.4. The van der Waals surface area contributed by atoms with Crippen molar-refractivity contribution < 1.29 is 17.8 Å². The molecule has 1 aliphatic rings. The largest absolute Gasteiger partial charge is 0.354 e. The van der Waals surface area contributed by atoms with Crippen LogP contribution in [-0.2, 0) is 16.7 Å². The van der Waals surface area contributed by atoms with Crippen LogP contribution < -0.4 is 5.32 Å². The van der Waals surface area contributed by atoms with Crippen LogP contribution in [0.1, 0.15) is 22.6 Å². The predicted molar refractivity (Wildman–Crippen MR) is 66.3 cm³/mol. The summed E-state index contributed by atoms with van der Waals surface area (Å²) in [6.07, 6.45) is 3.95. The molecule has 1 aromatic heterocycles. The van der Waals surface area contributed by atoms with Crippen molar-refractivity contribution in [3.05, 3.63) is 22.5 Å². The lowest BCUT2D eigenvalue weighted by Gasteiger charge is -2.13. The SMILES string of the molecule is CNC(=O)c1c(Cl)c(S(=O)(=O)O)c2n1CCC=C2. The first-order chi connectivity index (χ1) is 8.38. The Morgan fingerprint density at radius 1 is 1.56 bits per heavy atom. The summed E-state index contributed by atoms with van der Waals surface area (Å²) in [4.78, 5) is 11.3. The fraction of sp³-hybridized carbons (Fsp3) is 0.300. The summed E-state index contributed by atoms with van der Waals surface area (Å²) in [7, 11) is -3.06. The van der Waals surface area contributed by atoms with Gasteiger partial charge in [-0.3, -0.25) is 9.35 Å². The normalized spacial score (nSPS) is 14.4. The molecule has 0 fully saturated rings. The lowest BCUT2D eigenvalue weighted by atomic mass is 10.2. The monoisotopic (exact) mass is 290 g/mol. The van der Waals surface area contributed by atoms with Gasteiger partial charge >= 0.3 is 0 Å². The van der Waals surface area contributed by atoms with Crippen LogP contribution in [0.3, 0.4) is 0 Å². The van der Waals surface area contributed by atoms with E-state index in [0.717, 1.165) is 0 Å². The van der Waals surface area contributed by atoms with Gasteiger partial charge in [-0.25, -0.2) is 0 Å². The number of carbonyl (C=O) groups excluding carboxylic acids is 1. The van der Waals surface area contributed by atoms with E-state index in [-0.39, 0.29) is 16.4 Å². The van der Waals surface area contributed by atoms with E-state index in [2.05, 4.69) is 5.32 Å². The Morgan fingerprint density at radius 2 is 2.22 bits per heavy atom. The molecule has 0 aromatic carbocycles. The van der Waals surface area contributed by atoms with Gasteiger partial charge in [0.05, 0.1) is 10.7 Å². The number of fused-ring (bicyclic) bond motifs is 1. The van der Waals surface area contributed by atoms with Crippen LogP contribution in [0.4, 0.5) is 0 Å². The fourth-order valence-electron chi connectivity index (χ4n) is 1.96. The number of rotatable bonds is 2. The van der Waals surface area contributed by atoms with E-state index in [1.165, 1.54) is 17.7 Å². The summed E-state index contributed by atoms with van der Waals surface area (Å²) in [5.41, 5.74) is 0.276. The van der Waals surface area contributed by atoms with E-state index in [9.17, 15) is 17.8 Å². The van der Waals surface area contributed by atoms with Gasteiger partial charge in [-0.2, -0.15) is 8.42 Å². The van der Waals surface area contributed by atoms with Crippen LogP contribution in [0.5, 0.6) is 0 Å². The van der Waals surface area contributed by atoms with Gasteiger partial charge in [-0.1, -0.05) is 17.7 Å².